The summed E-state index contributed by atoms with van der Waals surface area (Å²) in [4.78, 5) is 0. The predicted molar refractivity (Wildman–Crippen MR) is 61.6 cm³/mol. The van der Waals surface area contributed by atoms with Gasteiger partial charge in [0.25, 0.3) is 0 Å². The Hall–Kier alpha value is -1.06. The quantitative estimate of drug-likeness (QED) is 0.847. The molecular formula is C13H18O3. The molecule has 1 saturated heterocycles. The van der Waals surface area contributed by atoms with Gasteiger partial charge in [-0.25, -0.2) is 0 Å². The average Bonchev–Trinajstić information content (AvgIpc) is 2.80. The Morgan fingerprint density at radius 3 is 3.06 bits per heavy atom. The largest absolute Gasteiger partial charge is 0.490 e. The molecule has 3 nitrogen and oxygen atoms in total. The topological polar surface area (TPSA) is 38.7 Å². The van der Waals surface area contributed by atoms with Crippen molar-refractivity contribution in [3.8, 4) is 5.75 Å². The van der Waals surface area contributed by atoms with E-state index in [1.807, 2.05) is 25.1 Å². The highest BCUT2D eigenvalue weighted by Crippen LogP contribution is 2.24. The zero-order valence-electron chi connectivity index (χ0n) is 9.61. The smallest absolute Gasteiger partial charge is 0.127 e. The van der Waals surface area contributed by atoms with Gasteiger partial charge in [-0.05, 0) is 25.3 Å². The maximum Gasteiger partial charge on any atom is 0.127 e. The predicted octanol–water partition coefficient (Wildman–Crippen LogP) is 2.05. The first kappa shape index (κ1) is 11.4. The Morgan fingerprint density at radius 2 is 2.38 bits per heavy atom. The molecule has 1 aliphatic rings. The molecule has 2 rings (SSSR count). The van der Waals surface area contributed by atoms with Crippen LogP contribution in [0.15, 0.2) is 18.2 Å². The zero-order chi connectivity index (χ0) is 11.4. The molecule has 0 aromatic heterocycles. The molecule has 1 unspecified atom stereocenters. The average molecular weight is 222 g/mol. The Bertz CT molecular complexity index is 343. The van der Waals surface area contributed by atoms with Crippen LogP contribution in [0.1, 0.15) is 24.0 Å². The van der Waals surface area contributed by atoms with Gasteiger partial charge in [-0.1, -0.05) is 18.2 Å². The van der Waals surface area contributed by atoms with Crippen LogP contribution in [0.5, 0.6) is 5.75 Å². The van der Waals surface area contributed by atoms with Gasteiger partial charge < -0.3 is 14.6 Å². The van der Waals surface area contributed by atoms with Crippen LogP contribution in [0.25, 0.3) is 0 Å². The molecule has 1 heterocycles. The second kappa shape index (κ2) is 5.32. The maximum absolute atomic E-state index is 9.22. The van der Waals surface area contributed by atoms with E-state index < -0.39 is 0 Å². The molecule has 88 valence electrons. The summed E-state index contributed by atoms with van der Waals surface area (Å²) in [5.74, 6) is 0.806. The number of para-hydroxylation sites is 1. The molecule has 1 atom stereocenters. The summed E-state index contributed by atoms with van der Waals surface area (Å²) >= 11 is 0. The standard InChI is InChI=1S/C13H18O3/c1-10-4-2-5-11(8-14)13(10)16-9-12-6-3-7-15-12/h2,4-5,12,14H,3,6-9H2,1H3. The minimum absolute atomic E-state index is 0.0164. The number of ether oxygens (including phenoxy) is 2. The number of aryl methyl sites for hydroxylation is 1. The molecule has 0 spiro atoms. The van der Waals surface area contributed by atoms with Crippen molar-refractivity contribution in [1.29, 1.82) is 0 Å². The Balaban J connectivity index is 2.01. The van der Waals surface area contributed by atoms with Crippen molar-refractivity contribution >= 4 is 0 Å². The van der Waals surface area contributed by atoms with Crippen molar-refractivity contribution < 1.29 is 14.6 Å². The molecule has 0 amide bonds. The van der Waals surface area contributed by atoms with Crippen molar-refractivity contribution in [2.75, 3.05) is 13.2 Å². The SMILES string of the molecule is Cc1cccc(CO)c1OCC1CCCO1. The molecule has 1 aromatic rings. The van der Waals surface area contributed by atoms with Crippen LogP contribution >= 0.6 is 0 Å². The zero-order valence-corrected chi connectivity index (χ0v) is 9.61. The summed E-state index contributed by atoms with van der Waals surface area (Å²) in [6, 6.07) is 5.81. The molecule has 0 bridgehead atoms. The molecule has 16 heavy (non-hydrogen) atoms. The van der Waals surface area contributed by atoms with Gasteiger partial charge in [0, 0.05) is 12.2 Å². The Labute approximate surface area is 96.0 Å². The van der Waals surface area contributed by atoms with Gasteiger partial charge in [-0.15, -0.1) is 0 Å². The Morgan fingerprint density at radius 1 is 1.50 bits per heavy atom. The van der Waals surface area contributed by atoms with Crippen LogP contribution in [0.4, 0.5) is 0 Å². The number of aliphatic hydroxyl groups is 1. The molecule has 1 N–H and O–H groups in total. The fraction of sp³-hybridized carbons (Fsp3) is 0.538. The van der Waals surface area contributed by atoms with Crippen molar-refractivity contribution in [1.82, 2.24) is 0 Å². The highest BCUT2D eigenvalue weighted by molar-refractivity contribution is 5.40. The first-order chi connectivity index (χ1) is 7.81. The van der Waals surface area contributed by atoms with E-state index in [-0.39, 0.29) is 12.7 Å². The molecule has 1 aliphatic heterocycles. The van der Waals surface area contributed by atoms with Crippen LogP contribution in [0.3, 0.4) is 0 Å². The maximum atomic E-state index is 9.22. The van der Waals surface area contributed by atoms with Crippen LogP contribution in [-0.2, 0) is 11.3 Å². The van der Waals surface area contributed by atoms with E-state index in [1.165, 1.54) is 0 Å². The lowest BCUT2D eigenvalue weighted by Gasteiger charge is -2.15. The van der Waals surface area contributed by atoms with Crippen LogP contribution in [-0.4, -0.2) is 24.4 Å². The number of rotatable bonds is 4. The molecule has 0 radical (unpaired) electrons. The third-order valence-electron chi connectivity index (χ3n) is 2.90. The van der Waals surface area contributed by atoms with Gasteiger partial charge in [0.15, 0.2) is 0 Å². The van der Waals surface area contributed by atoms with Gasteiger partial charge in [0.05, 0.1) is 12.7 Å². The van der Waals surface area contributed by atoms with Crippen molar-refractivity contribution in [2.24, 2.45) is 0 Å². The number of hydrogen-bond donors (Lipinski definition) is 1. The summed E-state index contributed by atoms with van der Waals surface area (Å²) in [5, 5.41) is 9.22. The monoisotopic (exact) mass is 222 g/mol. The number of hydrogen-bond acceptors (Lipinski definition) is 3. The van der Waals surface area contributed by atoms with E-state index in [1.54, 1.807) is 0 Å². The molecule has 3 heteroatoms. The third-order valence-corrected chi connectivity index (χ3v) is 2.90. The van der Waals surface area contributed by atoms with Crippen LogP contribution < -0.4 is 4.74 Å². The summed E-state index contributed by atoms with van der Waals surface area (Å²) in [6.45, 7) is 3.43. The van der Waals surface area contributed by atoms with E-state index in [9.17, 15) is 5.11 Å². The van der Waals surface area contributed by atoms with Gasteiger partial charge in [-0.3, -0.25) is 0 Å². The summed E-state index contributed by atoms with van der Waals surface area (Å²) < 4.78 is 11.3. The van der Waals surface area contributed by atoms with Gasteiger partial charge >= 0.3 is 0 Å². The van der Waals surface area contributed by atoms with Gasteiger partial charge in [-0.2, -0.15) is 0 Å². The molecule has 1 fully saturated rings. The summed E-state index contributed by atoms with van der Waals surface area (Å²) in [7, 11) is 0. The lowest BCUT2D eigenvalue weighted by Crippen LogP contribution is -2.17. The van der Waals surface area contributed by atoms with Crippen molar-refractivity contribution in [3.63, 3.8) is 0 Å². The fourth-order valence-electron chi connectivity index (χ4n) is 2.00. The van der Waals surface area contributed by atoms with E-state index in [0.29, 0.717) is 6.61 Å². The lowest BCUT2D eigenvalue weighted by atomic mass is 10.1. The minimum Gasteiger partial charge on any atom is -0.490 e. The molecule has 0 saturated carbocycles. The number of benzene rings is 1. The first-order valence-electron chi connectivity index (χ1n) is 5.75. The van der Waals surface area contributed by atoms with Crippen LogP contribution in [0.2, 0.25) is 0 Å². The first-order valence-corrected chi connectivity index (χ1v) is 5.75. The molecular weight excluding hydrogens is 204 g/mol. The van der Waals surface area contributed by atoms with Gasteiger partial charge in [0.1, 0.15) is 12.4 Å². The second-order valence-corrected chi connectivity index (χ2v) is 4.17. The lowest BCUT2D eigenvalue weighted by molar-refractivity contribution is 0.0668. The summed E-state index contributed by atoms with van der Waals surface area (Å²) in [5.41, 5.74) is 1.91. The van der Waals surface area contributed by atoms with Crippen LogP contribution in [0, 0.1) is 6.92 Å². The molecule has 0 aliphatic carbocycles. The second-order valence-electron chi connectivity index (χ2n) is 4.17. The van der Waals surface area contributed by atoms with Gasteiger partial charge in [0.2, 0.25) is 0 Å². The summed E-state index contributed by atoms with van der Waals surface area (Å²) in [6.07, 6.45) is 2.40. The highest BCUT2D eigenvalue weighted by atomic mass is 16.5. The highest BCUT2D eigenvalue weighted by Gasteiger charge is 2.17. The normalized spacial score (nSPS) is 20.0. The van der Waals surface area contributed by atoms with E-state index in [2.05, 4.69) is 0 Å². The molecule has 1 aromatic carbocycles. The minimum atomic E-state index is 0.0164. The van der Waals surface area contributed by atoms with Crippen molar-refractivity contribution in [2.45, 2.75) is 32.5 Å². The fourth-order valence-corrected chi connectivity index (χ4v) is 2.00. The third kappa shape index (κ3) is 2.54. The van der Waals surface area contributed by atoms with E-state index in [0.717, 1.165) is 36.3 Å². The van der Waals surface area contributed by atoms with E-state index in [4.69, 9.17) is 9.47 Å². The number of aliphatic hydroxyl groups excluding tert-OH is 1. The van der Waals surface area contributed by atoms with E-state index >= 15 is 0 Å². The van der Waals surface area contributed by atoms with Crippen molar-refractivity contribution in [3.05, 3.63) is 29.3 Å². The Kier molecular flexibility index (Phi) is 3.80.